The van der Waals surface area contributed by atoms with Crippen molar-refractivity contribution in [3.63, 3.8) is 0 Å². The summed E-state index contributed by atoms with van der Waals surface area (Å²) in [4.78, 5) is 14.1. The van der Waals surface area contributed by atoms with Crippen LogP contribution in [0, 0.1) is 11.3 Å². The number of methoxy groups -OCH3 is 1. The van der Waals surface area contributed by atoms with Gasteiger partial charge in [0, 0.05) is 18.0 Å². The zero-order chi connectivity index (χ0) is 12.0. The van der Waals surface area contributed by atoms with Crippen molar-refractivity contribution in [3.8, 4) is 11.8 Å². The molecule has 4 nitrogen and oxygen atoms in total. The van der Waals surface area contributed by atoms with E-state index in [1.165, 1.54) is 11.3 Å². The van der Waals surface area contributed by atoms with Crippen LogP contribution >= 0.6 is 11.3 Å². The van der Waals surface area contributed by atoms with E-state index in [-0.39, 0.29) is 12.5 Å². The fourth-order valence-electron chi connectivity index (χ4n) is 1.30. The summed E-state index contributed by atoms with van der Waals surface area (Å²) in [6.45, 7) is 2.71. The molecule has 0 saturated heterocycles. The first-order valence-electron chi connectivity index (χ1n) is 5.01. The lowest BCUT2D eigenvalue weighted by atomic mass is 10.3. The van der Waals surface area contributed by atoms with Crippen LogP contribution in [0.1, 0.15) is 23.0 Å². The van der Waals surface area contributed by atoms with Crippen molar-refractivity contribution in [2.24, 2.45) is 0 Å². The van der Waals surface area contributed by atoms with Gasteiger partial charge in [0.15, 0.2) is 0 Å². The third-order valence-corrected chi connectivity index (χ3v) is 2.96. The van der Waals surface area contributed by atoms with Crippen LogP contribution in [0.15, 0.2) is 11.4 Å². The van der Waals surface area contributed by atoms with Crippen LogP contribution in [-0.2, 0) is 0 Å². The number of carbonyl (C=O) groups is 1. The maximum absolute atomic E-state index is 12.0. The maximum Gasteiger partial charge on any atom is 0.264 e. The summed E-state index contributed by atoms with van der Waals surface area (Å²) in [5.74, 6) is 0.582. The molecule has 1 aromatic heterocycles. The van der Waals surface area contributed by atoms with Crippen molar-refractivity contribution in [1.29, 1.82) is 5.26 Å². The van der Waals surface area contributed by atoms with Gasteiger partial charge in [-0.3, -0.25) is 4.79 Å². The lowest BCUT2D eigenvalue weighted by Gasteiger charge is -2.17. The lowest BCUT2D eigenvalue weighted by Crippen LogP contribution is -2.31. The van der Waals surface area contributed by atoms with Crippen molar-refractivity contribution in [2.45, 2.75) is 13.3 Å². The molecule has 0 N–H and O–H groups in total. The third-order valence-electron chi connectivity index (χ3n) is 2.06. The van der Waals surface area contributed by atoms with Gasteiger partial charge >= 0.3 is 0 Å². The molecule has 0 aliphatic heterocycles. The number of hydrogen-bond donors (Lipinski definition) is 0. The zero-order valence-corrected chi connectivity index (χ0v) is 10.2. The average molecular weight is 238 g/mol. The SMILES string of the molecule is CCCN(CC#N)C(=O)c1cc(OC)cs1. The second kappa shape index (κ2) is 6.13. The Kier molecular flexibility index (Phi) is 4.80. The first kappa shape index (κ1) is 12.5. The Labute approximate surface area is 99.1 Å². The fourth-order valence-corrected chi connectivity index (χ4v) is 2.12. The van der Waals surface area contributed by atoms with Crippen LogP contribution in [0.4, 0.5) is 0 Å². The molecule has 1 aromatic rings. The van der Waals surface area contributed by atoms with Gasteiger partial charge in [-0.05, 0) is 6.42 Å². The Bertz CT molecular complexity index is 395. The molecule has 0 radical (unpaired) electrons. The molecule has 1 amide bonds. The summed E-state index contributed by atoms with van der Waals surface area (Å²) in [6.07, 6.45) is 0.843. The van der Waals surface area contributed by atoms with Gasteiger partial charge in [-0.25, -0.2) is 0 Å². The van der Waals surface area contributed by atoms with Crippen molar-refractivity contribution in [2.75, 3.05) is 20.2 Å². The number of nitriles is 1. The minimum Gasteiger partial charge on any atom is -0.496 e. The highest BCUT2D eigenvalue weighted by molar-refractivity contribution is 7.12. The van der Waals surface area contributed by atoms with E-state index in [0.717, 1.165) is 6.42 Å². The first-order chi connectivity index (χ1) is 7.72. The Morgan fingerprint density at radius 3 is 2.94 bits per heavy atom. The van der Waals surface area contributed by atoms with Crippen molar-refractivity contribution >= 4 is 17.2 Å². The van der Waals surface area contributed by atoms with Gasteiger partial charge in [0.05, 0.1) is 18.1 Å². The number of thiophene rings is 1. The van der Waals surface area contributed by atoms with E-state index >= 15 is 0 Å². The van der Waals surface area contributed by atoms with Crippen LogP contribution in [0.5, 0.6) is 5.75 Å². The predicted molar refractivity (Wildman–Crippen MR) is 62.7 cm³/mol. The summed E-state index contributed by atoms with van der Waals surface area (Å²) in [7, 11) is 1.56. The number of amides is 1. The molecule has 0 aliphatic carbocycles. The maximum atomic E-state index is 12.0. The van der Waals surface area contributed by atoms with Crippen LogP contribution in [0.3, 0.4) is 0 Å². The van der Waals surface area contributed by atoms with E-state index in [4.69, 9.17) is 10.00 Å². The Morgan fingerprint density at radius 2 is 2.44 bits per heavy atom. The summed E-state index contributed by atoms with van der Waals surface area (Å²) in [5, 5.41) is 10.4. The molecule has 0 aliphatic rings. The summed E-state index contributed by atoms with van der Waals surface area (Å²) in [6, 6.07) is 3.70. The summed E-state index contributed by atoms with van der Waals surface area (Å²) < 4.78 is 5.02. The normalized spacial score (nSPS) is 9.56. The topological polar surface area (TPSA) is 53.3 Å². The zero-order valence-electron chi connectivity index (χ0n) is 9.40. The average Bonchev–Trinajstić information content (AvgIpc) is 2.76. The highest BCUT2D eigenvalue weighted by atomic mass is 32.1. The Morgan fingerprint density at radius 1 is 1.69 bits per heavy atom. The van der Waals surface area contributed by atoms with Gasteiger partial charge < -0.3 is 9.64 Å². The molecular formula is C11H14N2O2S. The molecule has 0 fully saturated rings. The molecule has 1 heterocycles. The van der Waals surface area contributed by atoms with Gasteiger partial charge in [-0.2, -0.15) is 5.26 Å². The molecular weight excluding hydrogens is 224 g/mol. The van der Waals surface area contributed by atoms with Crippen molar-refractivity contribution in [3.05, 3.63) is 16.3 Å². The smallest absolute Gasteiger partial charge is 0.264 e. The lowest BCUT2D eigenvalue weighted by molar-refractivity contribution is 0.0780. The minimum atomic E-state index is -0.100. The monoisotopic (exact) mass is 238 g/mol. The molecule has 0 bridgehead atoms. The number of ether oxygens (including phenoxy) is 1. The molecule has 0 atom stereocenters. The van der Waals surface area contributed by atoms with Crippen LogP contribution in [0.2, 0.25) is 0 Å². The van der Waals surface area contributed by atoms with E-state index in [0.29, 0.717) is 17.2 Å². The number of hydrogen-bond acceptors (Lipinski definition) is 4. The quantitative estimate of drug-likeness (QED) is 0.738. The summed E-state index contributed by atoms with van der Waals surface area (Å²) >= 11 is 1.34. The molecule has 0 spiro atoms. The molecule has 16 heavy (non-hydrogen) atoms. The van der Waals surface area contributed by atoms with Crippen molar-refractivity contribution in [1.82, 2.24) is 4.90 Å². The van der Waals surface area contributed by atoms with Gasteiger partial charge in [0.1, 0.15) is 12.3 Å². The van der Waals surface area contributed by atoms with Crippen LogP contribution < -0.4 is 4.74 Å². The fraction of sp³-hybridized carbons (Fsp3) is 0.455. The second-order valence-corrected chi connectivity index (χ2v) is 4.15. The molecule has 0 saturated carbocycles. The minimum absolute atomic E-state index is 0.100. The van der Waals surface area contributed by atoms with E-state index in [2.05, 4.69) is 0 Å². The second-order valence-electron chi connectivity index (χ2n) is 3.24. The number of carbonyl (C=O) groups excluding carboxylic acids is 1. The number of nitrogens with zero attached hydrogens (tertiary/aromatic N) is 2. The van der Waals surface area contributed by atoms with Crippen LogP contribution in [0.25, 0.3) is 0 Å². The highest BCUT2D eigenvalue weighted by Crippen LogP contribution is 2.22. The van der Waals surface area contributed by atoms with Gasteiger partial charge in [0.2, 0.25) is 0 Å². The van der Waals surface area contributed by atoms with Gasteiger partial charge in [-0.1, -0.05) is 6.92 Å². The van der Waals surface area contributed by atoms with E-state index < -0.39 is 0 Å². The van der Waals surface area contributed by atoms with E-state index in [1.807, 2.05) is 13.0 Å². The van der Waals surface area contributed by atoms with E-state index in [9.17, 15) is 4.79 Å². The molecule has 0 unspecified atom stereocenters. The molecule has 86 valence electrons. The van der Waals surface area contributed by atoms with E-state index in [1.54, 1.807) is 23.5 Å². The van der Waals surface area contributed by atoms with Crippen molar-refractivity contribution < 1.29 is 9.53 Å². The third kappa shape index (κ3) is 2.97. The van der Waals surface area contributed by atoms with Gasteiger partial charge in [-0.15, -0.1) is 11.3 Å². The predicted octanol–water partition coefficient (Wildman–Crippen LogP) is 2.13. The Balaban J connectivity index is 2.77. The van der Waals surface area contributed by atoms with Crippen LogP contribution in [-0.4, -0.2) is 31.0 Å². The Hall–Kier alpha value is -1.54. The highest BCUT2D eigenvalue weighted by Gasteiger charge is 2.16. The molecule has 1 rings (SSSR count). The standard InChI is InChI=1S/C11H14N2O2S/c1-3-5-13(6-4-12)11(14)10-7-9(15-2)8-16-10/h7-8H,3,5-6H2,1-2H3. The largest absolute Gasteiger partial charge is 0.496 e. The first-order valence-corrected chi connectivity index (χ1v) is 5.89. The molecule has 0 aromatic carbocycles. The molecule has 5 heteroatoms. The van der Waals surface area contributed by atoms with Gasteiger partial charge in [0.25, 0.3) is 5.91 Å². The summed E-state index contributed by atoms with van der Waals surface area (Å²) in [5.41, 5.74) is 0. The number of rotatable bonds is 5.